The predicted molar refractivity (Wildman–Crippen MR) is 84.4 cm³/mol. The number of fused-ring (bicyclic) bond motifs is 1. The molecule has 0 saturated carbocycles. The van der Waals surface area contributed by atoms with Gasteiger partial charge in [-0.25, -0.2) is 0 Å². The summed E-state index contributed by atoms with van der Waals surface area (Å²) in [7, 11) is 1.85. The van der Waals surface area contributed by atoms with Gasteiger partial charge in [0.15, 0.2) is 6.29 Å². The standard InChI is InChI=1S/C15H13Cl2N3O/c1-9-15(17)14(19(2)18-9)7-20-6-10(8-21)12-4-3-11(16)5-13(12)20/h3-6,8H,7H2,1-2H3. The van der Waals surface area contributed by atoms with Crippen LogP contribution >= 0.6 is 23.2 Å². The number of rotatable bonds is 3. The van der Waals surface area contributed by atoms with Crippen molar-refractivity contribution in [2.75, 3.05) is 0 Å². The Morgan fingerprint density at radius 3 is 2.71 bits per heavy atom. The van der Waals surface area contributed by atoms with Gasteiger partial charge in [0.05, 0.1) is 28.5 Å². The average Bonchev–Trinajstić information content (AvgIpc) is 2.91. The Hall–Kier alpha value is -1.78. The fourth-order valence-corrected chi connectivity index (χ4v) is 2.92. The maximum absolute atomic E-state index is 11.2. The number of aldehydes is 1. The van der Waals surface area contributed by atoms with Gasteiger partial charge in [0.1, 0.15) is 0 Å². The Kier molecular flexibility index (Phi) is 3.51. The highest BCUT2D eigenvalue weighted by atomic mass is 35.5. The lowest BCUT2D eigenvalue weighted by Crippen LogP contribution is -2.05. The van der Waals surface area contributed by atoms with Gasteiger partial charge in [-0.1, -0.05) is 29.3 Å². The summed E-state index contributed by atoms with van der Waals surface area (Å²) in [6, 6.07) is 5.48. The van der Waals surface area contributed by atoms with Gasteiger partial charge < -0.3 is 4.57 Å². The van der Waals surface area contributed by atoms with Crippen LogP contribution in [0, 0.1) is 6.92 Å². The molecule has 0 saturated heterocycles. The summed E-state index contributed by atoms with van der Waals surface area (Å²) in [6.45, 7) is 2.40. The maximum atomic E-state index is 11.2. The number of aryl methyl sites for hydroxylation is 2. The van der Waals surface area contributed by atoms with Crippen molar-refractivity contribution < 1.29 is 4.79 Å². The molecule has 0 atom stereocenters. The van der Waals surface area contributed by atoms with E-state index in [0.717, 1.165) is 28.6 Å². The van der Waals surface area contributed by atoms with Crippen LogP contribution in [-0.2, 0) is 13.6 Å². The van der Waals surface area contributed by atoms with Gasteiger partial charge in [0.25, 0.3) is 0 Å². The van der Waals surface area contributed by atoms with Crippen LogP contribution < -0.4 is 0 Å². The number of hydrogen-bond acceptors (Lipinski definition) is 2. The second kappa shape index (κ2) is 5.20. The molecule has 0 aliphatic heterocycles. The van der Waals surface area contributed by atoms with E-state index >= 15 is 0 Å². The lowest BCUT2D eigenvalue weighted by molar-refractivity contribution is 0.112. The normalized spacial score (nSPS) is 11.2. The van der Waals surface area contributed by atoms with Gasteiger partial charge in [-0.05, 0) is 19.1 Å². The van der Waals surface area contributed by atoms with Gasteiger partial charge >= 0.3 is 0 Å². The Labute approximate surface area is 131 Å². The van der Waals surface area contributed by atoms with Gasteiger partial charge in [0, 0.05) is 29.2 Å². The monoisotopic (exact) mass is 321 g/mol. The summed E-state index contributed by atoms with van der Waals surface area (Å²) < 4.78 is 3.72. The van der Waals surface area contributed by atoms with E-state index in [-0.39, 0.29) is 0 Å². The smallest absolute Gasteiger partial charge is 0.152 e. The van der Waals surface area contributed by atoms with Crippen LogP contribution in [0.25, 0.3) is 10.9 Å². The third-order valence-electron chi connectivity index (χ3n) is 3.58. The number of halogens is 2. The molecular weight excluding hydrogens is 309 g/mol. The minimum absolute atomic E-state index is 0.529. The first-order chi connectivity index (χ1) is 10.0. The molecule has 6 heteroatoms. The topological polar surface area (TPSA) is 39.8 Å². The van der Waals surface area contributed by atoms with Crippen LogP contribution in [0.4, 0.5) is 0 Å². The number of carbonyl (C=O) groups excluding carboxylic acids is 1. The third-order valence-corrected chi connectivity index (χ3v) is 4.31. The zero-order valence-corrected chi connectivity index (χ0v) is 13.1. The number of nitrogens with zero attached hydrogens (tertiary/aromatic N) is 3. The molecule has 1 aromatic carbocycles. The van der Waals surface area contributed by atoms with Crippen LogP contribution in [0.2, 0.25) is 10.0 Å². The molecule has 3 aromatic rings. The molecule has 0 bridgehead atoms. The first-order valence-corrected chi connectivity index (χ1v) is 7.18. The number of aromatic nitrogens is 3. The molecule has 0 aliphatic carbocycles. The molecule has 108 valence electrons. The molecule has 0 unspecified atom stereocenters. The van der Waals surface area contributed by atoms with Crippen molar-refractivity contribution in [3.05, 3.63) is 51.4 Å². The molecule has 0 N–H and O–H groups in total. The third kappa shape index (κ3) is 2.34. The highest BCUT2D eigenvalue weighted by Gasteiger charge is 2.14. The van der Waals surface area contributed by atoms with Crippen molar-refractivity contribution in [2.45, 2.75) is 13.5 Å². The molecular formula is C15H13Cl2N3O. The second-order valence-corrected chi connectivity index (χ2v) is 5.78. The van der Waals surface area contributed by atoms with Gasteiger partial charge in [0.2, 0.25) is 0 Å². The average molecular weight is 322 g/mol. The predicted octanol–water partition coefficient (Wildman–Crippen LogP) is 3.85. The highest BCUT2D eigenvalue weighted by Crippen LogP contribution is 2.27. The fraction of sp³-hybridized carbons (Fsp3) is 0.200. The van der Waals surface area contributed by atoms with E-state index in [0.29, 0.717) is 22.2 Å². The van der Waals surface area contributed by atoms with E-state index < -0.39 is 0 Å². The van der Waals surface area contributed by atoms with Crippen molar-refractivity contribution in [3.8, 4) is 0 Å². The van der Waals surface area contributed by atoms with Crippen LogP contribution in [0.1, 0.15) is 21.7 Å². The van der Waals surface area contributed by atoms with E-state index in [1.165, 1.54) is 0 Å². The molecule has 0 fully saturated rings. The Morgan fingerprint density at radius 1 is 1.33 bits per heavy atom. The Bertz CT molecular complexity index is 848. The van der Waals surface area contributed by atoms with Crippen LogP contribution in [0.3, 0.4) is 0 Å². The quantitative estimate of drug-likeness (QED) is 0.687. The van der Waals surface area contributed by atoms with E-state index in [9.17, 15) is 4.79 Å². The fourth-order valence-electron chi connectivity index (χ4n) is 2.53. The van der Waals surface area contributed by atoms with Crippen molar-refractivity contribution in [2.24, 2.45) is 7.05 Å². The maximum Gasteiger partial charge on any atom is 0.152 e. The minimum atomic E-state index is 0.529. The molecule has 3 rings (SSSR count). The first kappa shape index (κ1) is 14.2. The van der Waals surface area contributed by atoms with Crippen molar-refractivity contribution in [1.82, 2.24) is 14.3 Å². The number of benzene rings is 1. The molecule has 0 aliphatic rings. The summed E-state index contributed by atoms with van der Waals surface area (Å²) in [5, 5.41) is 6.46. The highest BCUT2D eigenvalue weighted by molar-refractivity contribution is 6.32. The van der Waals surface area contributed by atoms with Crippen LogP contribution in [0.15, 0.2) is 24.4 Å². The summed E-state index contributed by atoms with van der Waals surface area (Å²) in [5.41, 5.74) is 3.22. The SMILES string of the molecule is Cc1nn(C)c(Cn2cc(C=O)c3ccc(Cl)cc32)c1Cl. The van der Waals surface area contributed by atoms with E-state index in [2.05, 4.69) is 5.10 Å². The van der Waals surface area contributed by atoms with Crippen LogP contribution in [0.5, 0.6) is 0 Å². The lowest BCUT2D eigenvalue weighted by atomic mass is 10.2. The van der Waals surface area contributed by atoms with Crippen molar-refractivity contribution in [1.29, 1.82) is 0 Å². The van der Waals surface area contributed by atoms with Crippen molar-refractivity contribution in [3.63, 3.8) is 0 Å². The van der Waals surface area contributed by atoms with Gasteiger partial charge in [-0.2, -0.15) is 5.10 Å². The second-order valence-electron chi connectivity index (χ2n) is 4.96. The van der Waals surface area contributed by atoms with E-state index in [4.69, 9.17) is 23.2 Å². The summed E-state index contributed by atoms with van der Waals surface area (Å²) in [6.07, 6.45) is 2.66. The first-order valence-electron chi connectivity index (χ1n) is 6.43. The van der Waals surface area contributed by atoms with E-state index in [1.807, 2.05) is 36.9 Å². The van der Waals surface area contributed by atoms with Gasteiger partial charge in [-0.3, -0.25) is 9.48 Å². The Balaban J connectivity index is 2.16. The molecule has 21 heavy (non-hydrogen) atoms. The Morgan fingerprint density at radius 2 is 2.10 bits per heavy atom. The lowest BCUT2D eigenvalue weighted by Gasteiger charge is -2.07. The molecule has 0 spiro atoms. The number of hydrogen-bond donors (Lipinski definition) is 0. The zero-order chi connectivity index (χ0) is 15.1. The summed E-state index contributed by atoms with van der Waals surface area (Å²) in [4.78, 5) is 11.2. The minimum Gasteiger partial charge on any atom is -0.341 e. The largest absolute Gasteiger partial charge is 0.341 e. The van der Waals surface area contributed by atoms with Crippen LogP contribution in [-0.4, -0.2) is 20.6 Å². The number of carbonyl (C=O) groups is 1. The summed E-state index contributed by atoms with van der Waals surface area (Å²) in [5.74, 6) is 0. The van der Waals surface area contributed by atoms with Gasteiger partial charge in [-0.15, -0.1) is 0 Å². The summed E-state index contributed by atoms with van der Waals surface area (Å²) >= 11 is 12.4. The molecule has 0 amide bonds. The molecule has 2 heterocycles. The molecule has 0 radical (unpaired) electrons. The zero-order valence-electron chi connectivity index (χ0n) is 11.6. The van der Waals surface area contributed by atoms with Crippen molar-refractivity contribution >= 4 is 40.4 Å². The molecule has 2 aromatic heterocycles. The van der Waals surface area contributed by atoms with E-state index in [1.54, 1.807) is 10.7 Å². The molecule has 4 nitrogen and oxygen atoms in total.